The van der Waals surface area contributed by atoms with Crippen molar-refractivity contribution >= 4 is 21.5 Å². The Balaban J connectivity index is 1.32. The summed E-state index contributed by atoms with van der Waals surface area (Å²) in [5.74, 6) is 2.89. The van der Waals surface area contributed by atoms with Gasteiger partial charge in [-0.05, 0) is 60.2 Å². The topological polar surface area (TPSA) is 83.7 Å². The molecule has 40 heavy (non-hydrogen) atoms. The second-order valence-electron chi connectivity index (χ2n) is 10.0. The first-order chi connectivity index (χ1) is 19.7. The SMILES string of the molecule is CCOCOc1ccc2ccc(OCC3CO3)cc2c1Cc1c(OCC2CO2)ccc2c#cc(OC3CO3)cc12. The van der Waals surface area contributed by atoms with Gasteiger partial charge in [-0.2, -0.15) is 0 Å². The zero-order valence-corrected chi connectivity index (χ0v) is 22.3. The molecule has 3 unspecified atom stereocenters. The van der Waals surface area contributed by atoms with Crippen molar-refractivity contribution in [2.45, 2.75) is 31.8 Å². The minimum absolute atomic E-state index is 0.128. The Morgan fingerprint density at radius 3 is 2.27 bits per heavy atom. The summed E-state index contributed by atoms with van der Waals surface area (Å²) in [6.45, 7) is 5.74. The van der Waals surface area contributed by atoms with Gasteiger partial charge in [0.05, 0.1) is 13.2 Å². The lowest BCUT2D eigenvalue weighted by molar-refractivity contribution is 0.0220. The fraction of sp³-hybridized carbons (Fsp3) is 0.375. The highest BCUT2D eigenvalue weighted by atomic mass is 16.8. The van der Waals surface area contributed by atoms with Crippen molar-refractivity contribution in [3.05, 3.63) is 71.8 Å². The maximum absolute atomic E-state index is 6.30. The van der Waals surface area contributed by atoms with Crippen LogP contribution in [0, 0.1) is 12.1 Å². The van der Waals surface area contributed by atoms with Crippen LogP contribution in [-0.2, 0) is 25.4 Å². The molecular formula is C32H30O8. The number of hydrogen-bond acceptors (Lipinski definition) is 8. The normalized spacial score (nSPS) is 20.7. The lowest BCUT2D eigenvalue weighted by Gasteiger charge is -2.18. The first kappa shape index (κ1) is 25.2. The Kier molecular flexibility index (Phi) is 6.96. The largest absolute Gasteiger partial charge is 0.491 e. The van der Waals surface area contributed by atoms with Gasteiger partial charge in [0.2, 0.25) is 6.29 Å². The van der Waals surface area contributed by atoms with Gasteiger partial charge in [0.15, 0.2) is 12.5 Å². The Morgan fingerprint density at radius 2 is 1.50 bits per heavy atom. The molecule has 8 nitrogen and oxygen atoms in total. The Labute approximate surface area is 232 Å². The smallest absolute Gasteiger partial charge is 0.224 e. The van der Waals surface area contributed by atoms with E-state index in [1.807, 2.05) is 37.3 Å². The summed E-state index contributed by atoms with van der Waals surface area (Å²) in [5.41, 5.74) is 2.00. The van der Waals surface area contributed by atoms with Crippen LogP contribution >= 0.6 is 0 Å². The molecule has 0 aromatic heterocycles. The van der Waals surface area contributed by atoms with Gasteiger partial charge in [-0.3, -0.25) is 0 Å². The second-order valence-corrected chi connectivity index (χ2v) is 10.0. The van der Waals surface area contributed by atoms with Crippen molar-refractivity contribution in [1.29, 1.82) is 0 Å². The minimum Gasteiger partial charge on any atom is -0.491 e. The molecule has 0 N–H and O–H groups in total. The maximum Gasteiger partial charge on any atom is 0.224 e. The summed E-state index contributed by atoms with van der Waals surface area (Å²) in [4.78, 5) is 0. The molecule has 4 aromatic carbocycles. The summed E-state index contributed by atoms with van der Waals surface area (Å²) in [6, 6.07) is 22.5. The van der Waals surface area contributed by atoms with E-state index in [0.717, 1.165) is 63.1 Å². The zero-order chi connectivity index (χ0) is 26.9. The molecule has 4 aromatic rings. The number of hydrogen-bond donors (Lipinski definition) is 0. The van der Waals surface area contributed by atoms with Crippen LogP contribution in [0.2, 0.25) is 0 Å². The highest BCUT2D eigenvalue weighted by Crippen LogP contribution is 2.38. The number of ether oxygens (including phenoxy) is 8. The molecule has 0 radical (unpaired) electrons. The van der Waals surface area contributed by atoms with Crippen LogP contribution in [-0.4, -0.2) is 64.9 Å². The summed E-state index contributed by atoms with van der Waals surface area (Å²) in [5, 5.41) is 4.00. The van der Waals surface area contributed by atoms with Gasteiger partial charge in [-0.25, -0.2) is 0 Å². The molecule has 3 aliphatic rings. The van der Waals surface area contributed by atoms with Gasteiger partial charge < -0.3 is 37.9 Å². The molecule has 3 saturated heterocycles. The molecule has 7 rings (SSSR count). The molecule has 8 heteroatoms. The van der Waals surface area contributed by atoms with Gasteiger partial charge >= 0.3 is 0 Å². The fourth-order valence-electron chi connectivity index (χ4n) is 4.66. The molecule has 3 aliphatic heterocycles. The van der Waals surface area contributed by atoms with Gasteiger partial charge in [0.25, 0.3) is 0 Å². The minimum atomic E-state index is -0.229. The first-order valence-electron chi connectivity index (χ1n) is 13.7. The molecule has 3 heterocycles. The molecule has 0 saturated carbocycles. The van der Waals surface area contributed by atoms with E-state index in [-0.39, 0.29) is 25.3 Å². The van der Waals surface area contributed by atoms with Crippen LogP contribution in [0.4, 0.5) is 0 Å². The highest BCUT2D eigenvalue weighted by molar-refractivity contribution is 5.92. The predicted molar refractivity (Wildman–Crippen MR) is 146 cm³/mol. The predicted octanol–water partition coefficient (Wildman–Crippen LogP) is 4.85. The van der Waals surface area contributed by atoms with Crippen molar-refractivity contribution < 1.29 is 37.9 Å². The van der Waals surface area contributed by atoms with Crippen molar-refractivity contribution in [2.24, 2.45) is 0 Å². The van der Waals surface area contributed by atoms with E-state index in [1.165, 1.54) is 0 Å². The first-order valence-corrected chi connectivity index (χ1v) is 13.7. The highest BCUT2D eigenvalue weighted by Gasteiger charge is 2.27. The Morgan fingerprint density at radius 1 is 0.775 bits per heavy atom. The van der Waals surface area contributed by atoms with Crippen LogP contribution in [0.3, 0.4) is 0 Å². The van der Waals surface area contributed by atoms with Gasteiger partial charge in [0.1, 0.15) is 49.3 Å². The van der Waals surface area contributed by atoms with Crippen LogP contribution in [0.15, 0.2) is 48.5 Å². The molecule has 3 atom stereocenters. The summed E-state index contributed by atoms with van der Waals surface area (Å²) in [7, 11) is 0. The third kappa shape index (κ3) is 5.88. The Hall–Kier alpha value is -3.74. The maximum atomic E-state index is 6.30. The molecule has 0 bridgehead atoms. The molecular weight excluding hydrogens is 512 g/mol. The molecule has 0 spiro atoms. The third-order valence-electron chi connectivity index (χ3n) is 7.05. The van der Waals surface area contributed by atoms with Gasteiger partial charge in [-0.1, -0.05) is 18.2 Å². The van der Waals surface area contributed by atoms with Crippen LogP contribution in [0.5, 0.6) is 23.0 Å². The molecule has 206 valence electrons. The summed E-state index contributed by atoms with van der Waals surface area (Å²) < 4.78 is 45.9. The Bertz CT molecular complexity index is 1510. The van der Waals surface area contributed by atoms with E-state index in [9.17, 15) is 0 Å². The van der Waals surface area contributed by atoms with Crippen molar-refractivity contribution in [1.82, 2.24) is 0 Å². The average molecular weight is 543 g/mol. The molecule has 0 amide bonds. The fourth-order valence-corrected chi connectivity index (χ4v) is 4.66. The zero-order valence-electron chi connectivity index (χ0n) is 22.3. The molecule has 0 aliphatic carbocycles. The number of epoxide rings is 3. The van der Waals surface area contributed by atoms with Crippen molar-refractivity contribution in [3.8, 4) is 23.0 Å². The quantitative estimate of drug-likeness (QED) is 0.127. The van der Waals surface area contributed by atoms with Crippen molar-refractivity contribution in [3.63, 3.8) is 0 Å². The standard InChI is InChI=1S/C32H30O8/c1-2-33-19-39-31-10-6-20-3-7-22(34-14-24-15-35-24)11-26(20)29(31)13-28-27-12-23(40-32-18-38-32)8-4-21(27)5-9-30(28)37-17-25-16-36-25/h3,5-7,9-12,24-25,32H,2,13-19H2,1H3. The summed E-state index contributed by atoms with van der Waals surface area (Å²) >= 11 is 0. The summed E-state index contributed by atoms with van der Waals surface area (Å²) in [6.07, 6.45) is 0.604. The van der Waals surface area contributed by atoms with E-state index in [1.54, 1.807) is 0 Å². The average Bonchev–Trinajstić information content (AvgIpc) is 3.81. The van der Waals surface area contributed by atoms with E-state index in [2.05, 4.69) is 30.3 Å². The van der Waals surface area contributed by atoms with Crippen LogP contribution in [0.1, 0.15) is 18.1 Å². The monoisotopic (exact) mass is 542 g/mol. The number of benzene rings is 3. The lowest BCUT2D eigenvalue weighted by atomic mass is 9.93. The lowest BCUT2D eigenvalue weighted by Crippen LogP contribution is -2.08. The number of fused-ring (bicyclic) bond motifs is 2. The van der Waals surface area contributed by atoms with E-state index in [4.69, 9.17) is 37.9 Å². The van der Waals surface area contributed by atoms with E-state index in [0.29, 0.717) is 38.6 Å². The van der Waals surface area contributed by atoms with Gasteiger partial charge in [-0.15, -0.1) is 0 Å². The third-order valence-corrected chi connectivity index (χ3v) is 7.05. The van der Waals surface area contributed by atoms with E-state index >= 15 is 0 Å². The van der Waals surface area contributed by atoms with Crippen LogP contribution in [0.25, 0.3) is 21.5 Å². The van der Waals surface area contributed by atoms with E-state index < -0.39 is 0 Å². The van der Waals surface area contributed by atoms with Crippen molar-refractivity contribution in [2.75, 3.05) is 46.4 Å². The van der Waals surface area contributed by atoms with Crippen LogP contribution < -0.4 is 18.9 Å². The molecule has 3 fully saturated rings. The number of rotatable bonds is 14. The second kappa shape index (κ2) is 11.0. The van der Waals surface area contributed by atoms with Gasteiger partial charge in [0, 0.05) is 34.9 Å².